The second-order valence-corrected chi connectivity index (χ2v) is 3.60. The van der Waals surface area contributed by atoms with Crippen LogP contribution in [0.2, 0.25) is 0 Å². The summed E-state index contributed by atoms with van der Waals surface area (Å²) in [4.78, 5) is 18.6. The van der Waals surface area contributed by atoms with Crippen molar-refractivity contribution in [3.63, 3.8) is 0 Å². The van der Waals surface area contributed by atoms with E-state index >= 15 is 0 Å². The molecule has 8 heteroatoms. The summed E-state index contributed by atoms with van der Waals surface area (Å²) in [5.41, 5.74) is 10.6. The lowest BCUT2D eigenvalue weighted by Gasteiger charge is -2.33. The Hall–Kier alpha value is -1.77. The lowest BCUT2D eigenvalue weighted by Crippen LogP contribution is -2.43. The van der Waals surface area contributed by atoms with E-state index in [0.717, 1.165) is 0 Å². The molecular formula is C8H12N6O2. The summed E-state index contributed by atoms with van der Waals surface area (Å²) in [6.07, 6.45) is 1.19. The normalized spacial score (nSPS) is 24.6. The third kappa shape index (κ3) is 1.69. The average molecular weight is 224 g/mol. The number of primary amides is 1. The molecule has 1 atom stereocenters. The van der Waals surface area contributed by atoms with E-state index in [2.05, 4.69) is 15.3 Å². The van der Waals surface area contributed by atoms with Gasteiger partial charge < -0.3 is 16.7 Å². The second-order valence-electron chi connectivity index (χ2n) is 3.60. The maximum absolute atomic E-state index is 12.1. The molecule has 16 heavy (non-hydrogen) atoms. The molecule has 0 bridgehead atoms. The van der Waals surface area contributed by atoms with E-state index in [9.17, 15) is 10.0 Å². The molecule has 0 saturated carbocycles. The molecule has 0 spiro atoms. The Morgan fingerprint density at radius 2 is 2.38 bits per heavy atom. The fraction of sp³-hybridized carbons (Fsp3) is 0.375. The van der Waals surface area contributed by atoms with E-state index in [1.165, 1.54) is 6.20 Å². The smallest absolute Gasteiger partial charge is 0.332 e. The number of hydroxylamine groups is 2. The Kier molecular flexibility index (Phi) is 2.46. The van der Waals surface area contributed by atoms with Crippen molar-refractivity contribution in [2.75, 3.05) is 25.5 Å². The van der Waals surface area contributed by atoms with Crippen molar-refractivity contribution in [3.8, 4) is 0 Å². The summed E-state index contributed by atoms with van der Waals surface area (Å²) < 4.78 is -0.677. The van der Waals surface area contributed by atoms with Crippen molar-refractivity contribution in [3.05, 3.63) is 17.0 Å². The second kappa shape index (κ2) is 3.67. The number of carbonyl (C=O) groups is 1. The van der Waals surface area contributed by atoms with Crippen LogP contribution in [0.4, 0.5) is 11.8 Å². The standard InChI is InChI=1S/C8H12N6O2/c9-6-5(7(10)15)3-12-8(13-6)14(16)2-1-11-4-14/h3,11H,1-2,4H2,(H2,10,15)(H2,9,12,13). The van der Waals surface area contributed by atoms with Crippen LogP contribution in [0.15, 0.2) is 6.20 Å². The molecule has 1 amide bonds. The number of quaternary nitrogens is 1. The fourth-order valence-electron chi connectivity index (χ4n) is 1.54. The third-order valence-corrected chi connectivity index (χ3v) is 2.45. The molecular weight excluding hydrogens is 212 g/mol. The van der Waals surface area contributed by atoms with Crippen LogP contribution in [0.1, 0.15) is 10.4 Å². The summed E-state index contributed by atoms with van der Waals surface area (Å²) in [6, 6.07) is 0. The van der Waals surface area contributed by atoms with Gasteiger partial charge in [0.15, 0.2) is 0 Å². The van der Waals surface area contributed by atoms with E-state index in [1.54, 1.807) is 0 Å². The van der Waals surface area contributed by atoms with Gasteiger partial charge in [0.2, 0.25) is 0 Å². The van der Waals surface area contributed by atoms with Crippen LogP contribution in [-0.4, -0.2) is 35.6 Å². The van der Waals surface area contributed by atoms with Crippen molar-refractivity contribution in [2.24, 2.45) is 5.73 Å². The summed E-state index contributed by atoms with van der Waals surface area (Å²) in [7, 11) is 0. The number of carbonyl (C=O) groups excluding carboxylic acids is 1. The Labute approximate surface area is 91.4 Å². The highest BCUT2D eigenvalue weighted by Crippen LogP contribution is 2.20. The summed E-state index contributed by atoms with van der Waals surface area (Å²) >= 11 is 0. The minimum atomic E-state index is -0.707. The zero-order chi connectivity index (χ0) is 11.8. The number of nitrogens with two attached hydrogens (primary N) is 2. The van der Waals surface area contributed by atoms with Crippen molar-refractivity contribution in [1.29, 1.82) is 0 Å². The van der Waals surface area contributed by atoms with Gasteiger partial charge in [-0.15, -0.1) is 0 Å². The van der Waals surface area contributed by atoms with Crippen LogP contribution in [-0.2, 0) is 0 Å². The fourth-order valence-corrected chi connectivity index (χ4v) is 1.54. The molecule has 0 aromatic carbocycles. The van der Waals surface area contributed by atoms with Gasteiger partial charge in [0.25, 0.3) is 5.91 Å². The monoisotopic (exact) mass is 224 g/mol. The van der Waals surface area contributed by atoms with Gasteiger partial charge in [-0.05, 0) is 0 Å². The number of aromatic nitrogens is 2. The number of hydrogen-bond acceptors (Lipinski definition) is 6. The van der Waals surface area contributed by atoms with Crippen LogP contribution in [0, 0.1) is 5.21 Å². The van der Waals surface area contributed by atoms with Crippen LogP contribution < -0.4 is 21.4 Å². The Morgan fingerprint density at radius 3 is 2.88 bits per heavy atom. The minimum Gasteiger partial charge on any atom is -0.624 e. The van der Waals surface area contributed by atoms with Gasteiger partial charge in [-0.3, -0.25) is 14.8 Å². The van der Waals surface area contributed by atoms with Gasteiger partial charge in [0.1, 0.15) is 18.1 Å². The predicted octanol–water partition coefficient (Wildman–Crippen LogP) is -1.48. The molecule has 1 aromatic rings. The zero-order valence-electron chi connectivity index (χ0n) is 8.51. The molecule has 86 valence electrons. The van der Waals surface area contributed by atoms with Gasteiger partial charge >= 0.3 is 5.95 Å². The highest BCUT2D eigenvalue weighted by molar-refractivity contribution is 5.96. The van der Waals surface area contributed by atoms with Gasteiger partial charge in [-0.25, -0.2) is 0 Å². The van der Waals surface area contributed by atoms with E-state index in [-0.39, 0.29) is 24.0 Å². The van der Waals surface area contributed by atoms with E-state index in [4.69, 9.17) is 11.5 Å². The molecule has 1 saturated heterocycles. The first-order valence-electron chi connectivity index (χ1n) is 4.74. The maximum Gasteiger partial charge on any atom is 0.332 e. The van der Waals surface area contributed by atoms with Crippen molar-refractivity contribution in [1.82, 2.24) is 19.9 Å². The lowest BCUT2D eigenvalue weighted by atomic mass is 10.3. The SMILES string of the molecule is NC(=O)c1cnc([N+]2([O-])CCNC2)nc1N. The van der Waals surface area contributed by atoms with Gasteiger partial charge in [-0.2, -0.15) is 9.97 Å². The highest BCUT2D eigenvalue weighted by Gasteiger charge is 2.29. The maximum atomic E-state index is 12.1. The van der Waals surface area contributed by atoms with Crippen molar-refractivity contribution >= 4 is 17.7 Å². The first kappa shape index (κ1) is 10.7. The van der Waals surface area contributed by atoms with Crippen LogP contribution in [0.3, 0.4) is 0 Å². The van der Waals surface area contributed by atoms with Gasteiger partial charge in [-0.1, -0.05) is 0 Å². The topological polar surface area (TPSA) is 130 Å². The quantitative estimate of drug-likeness (QED) is 0.415. The van der Waals surface area contributed by atoms with Crippen molar-refractivity contribution < 1.29 is 4.79 Å². The number of nitrogen functional groups attached to an aromatic ring is 1. The zero-order valence-corrected chi connectivity index (χ0v) is 8.51. The first-order chi connectivity index (χ1) is 7.53. The lowest BCUT2D eigenvalue weighted by molar-refractivity contribution is 0.100. The number of rotatable bonds is 2. The highest BCUT2D eigenvalue weighted by atomic mass is 16.6. The Bertz CT molecular complexity index is 429. The molecule has 1 unspecified atom stereocenters. The first-order valence-corrected chi connectivity index (χ1v) is 4.74. The van der Waals surface area contributed by atoms with Crippen LogP contribution in [0.5, 0.6) is 0 Å². The number of nitrogens with one attached hydrogen (secondary N) is 1. The number of anilines is 1. The van der Waals surface area contributed by atoms with E-state index in [0.29, 0.717) is 13.1 Å². The Balaban J connectivity index is 2.37. The molecule has 1 fully saturated rings. The molecule has 1 aliphatic heterocycles. The molecule has 0 aliphatic carbocycles. The van der Waals surface area contributed by atoms with Crippen molar-refractivity contribution in [2.45, 2.75) is 0 Å². The molecule has 1 aliphatic rings. The largest absolute Gasteiger partial charge is 0.624 e. The van der Waals surface area contributed by atoms with Crippen LogP contribution >= 0.6 is 0 Å². The molecule has 5 N–H and O–H groups in total. The van der Waals surface area contributed by atoms with Gasteiger partial charge in [0, 0.05) is 0 Å². The molecule has 8 nitrogen and oxygen atoms in total. The summed E-state index contributed by atoms with van der Waals surface area (Å²) in [5.74, 6) is -0.716. The summed E-state index contributed by atoms with van der Waals surface area (Å²) in [6.45, 7) is 1.15. The number of nitrogens with zero attached hydrogens (tertiary/aromatic N) is 3. The molecule has 1 aromatic heterocycles. The number of amides is 1. The van der Waals surface area contributed by atoms with Crippen LogP contribution in [0.25, 0.3) is 0 Å². The molecule has 2 heterocycles. The molecule has 2 rings (SSSR count). The van der Waals surface area contributed by atoms with Gasteiger partial charge in [0.05, 0.1) is 19.3 Å². The minimum absolute atomic E-state index is 0.0301. The predicted molar refractivity (Wildman–Crippen MR) is 57.9 cm³/mol. The Morgan fingerprint density at radius 1 is 1.62 bits per heavy atom. The molecule has 0 radical (unpaired) electrons. The summed E-state index contributed by atoms with van der Waals surface area (Å²) in [5, 5.41) is 15.0. The van der Waals surface area contributed by atoms with E-state index in [1.807, 2.05) is 0 Å². The average Bonchev–Trinajstić information content (AvgIpc) is 2.66. The third-order valence-electron chi connectivity index (χ3n) is 2.45. The van der Waals surface area contributed by atoms with E-state index < -0.39 is 10.6 Å². The number of hydrogen-bond donors (Lipinski definition) is 3.